The van der Waals surface area contributed by atoms with Crippen molar-refractivity contribution in [1.82, 2.24) is 25.1 Å². The zero-order chi connectivity index (χ0) is 15.3. The van der Waals surface area contributed by atoms with Crippen molar-refractivity contribution in [2.24, 2.45) is 0 Å². The van der Waals surface area contributed by atoms with Crippen molar-refractivity contribution in [2.75, 3.05) is 26.2 Å². The van der Waals surface area contributed by atoms with Crippen LogP contribution in [-0.4, -0.2) is 55.7 Å². The lowest BCUT2D eigenvalue weighted by Crippen LogP contribution is -2.35. The Balaban J connectivity index is 1.90. The molecule has 21 heavy (non-hydrogen) atoms. The molecular formula is C13H25N5O2S. The number of aromatic amines is 1. The van der Waals surface area contributed by atoms with Crippen LogP contribution < -0.4 is 10.0 Å². The van der Waals surface area contributed by atoms with Gasteiger partial charge in [-0.2, -0.15) is 5.10 Å². The molecule has 0 aromatic carbocycles. The largest absolute Gasteiger partial charge is 0.310 e. The van der Waals surface area contributed by atoms with Crippen molar-refractivity contribution in [1.29, 1.82) is 0 Å². The third kappa shape index (κ3) is 4.77. The van der Waals surface area contributed by atoms with E-state index >= 15 is 0 Å². The third-order valence-electron chi connectivity index (χ3n) is 3.72. The first-order chi connectivity index (χ1) is 10.1. The van der Waals surface area contributed by atoms with Gasteiger partial charge in [-0.3, -0.25) is 5.10 Å². The highest BCUT2D eigenvalue weighted by atomic mass is 32.2. The summed E-state index contributed by atoms with van der Waals surface area (Å²) in [6, 6.07) is 0.533. The van der Waals surface area contributed by atoms with Gasteiger partial charge in [-0.15, -0.1) is 0 Å². The molecule has 0 bridgehead atoms. The minimum Gasteiger partial charge on any atom is -0.310 e. The third-order valence-corrected chi connectivity index (χ3v) is 5.20. The number of rotatable bonds is 10. The van der Waals surface area contributed by atoms with Gasteiger partial charge in [0.15, 0.2) is 5.03 Å². The van der Waals surface area contributed by atoms with Crippen molar-refractivity contribution in [3.63, 3.8) is 0 Å². The molecule has 7 nitrogen and oxygen atoms in total. The second kappa shape index (κ2) is 7.35. The number of nitrogens with zero attached hydrogens (tertiary/aromatic N) is 2. The second-order valence-electron chi connectivity index (χ2n) is 5.30. The fourth-order valence-corrected chi connectivity index (χ4v) is 3.30. The van der Waals surface area contributed by atoms with Gasteiger partial charge in [-0.1, -0.05) is 13.8 Å². The molecule has 1 fully saturated rings. The number of H-pyrrole nitrogens is 1. The highest BCUT2D eigenvalue weighted by molar-refractivity contribution is 7.89. The van der Waals surface area contributed by atoms with E-state index < -0.39 is 10.0 Å². The smallest absolute Gasteiger partial charge is 0.257 e. The van der Waals surface area contributed by atoms with E-state index in [-0.39, 0.29) is 5.03 Å². The molecule has 0 aliphatic heterocycles. The Bertz CT molecular complexity index is 535. The number of hydrogen-bond donors (Lipinski definition) is 3. The molecule has 1 aliphatic carbocycles. The summed E-state index contributed by atoms with van der Waals surface area (Å²) in [6.07, 6.45) is 3.92. The van der Waals surface area contributed by atoms with Crippen molar-refractivity contribution in [3.8, 4) is 0 Å². The first-order valence-electron chi connectivity index (χ1n) is 7.54. The van der Waals surface area contributed by atoms with Crippen molar-refractivity contribution in [2.45, 2.75) is 44.3 Å². The minimum absolute atomic E-state index is 0.176. The first kappa shape index (κ1) is 16.4. The summed E-state index contributed by atoms with van der Waals surface area (Å²) in [4.78, 5) is 2.17. The molecule has 1 saturated carbocycles. The Hall–Kier alpha value is -0.960. The molecule has 1 aliphatic rings. The average Bonchev–Trinajstić information content (AvgIpc) is 3.17. The molecule has 8 heteroatoms. The van der Waals surface area contributed by atoms with Crippen molar-refractivity contribution >= 4 is 10.0 Å². The normalized spacial score (nSPS) is 15.8. The first-order valence-corrected chi connectivity index (χ1v) is 9.02. The topological polar surface area (TPSA) is 90.1 Å². The molecule has 120 valence electrons. The molecule has 0 amide bonds. The summed E-state index contributed by atoms with van der Waals surface area (Å²) in [5.41, 5.74) is 0.692. The highest BCUT2D eigenvalue weighted by Gasteiger charge is 2.24. The number of nitrogens with one attached hydrogen (secondary N) is 3. The van der Waals surface area contributed by atoms with Gasteiger partial charge >= 0.3 is 0 Å². The molecule has 1 aromatic rings. The van der Waals surface area contributed by atoms with Gasteiger partial charge in [0.05, 0.1) is 6.20 Å². The van der Waals surface area contributed by atoms with E-state index in [4.69, 9.17) is 0 Å². The van der Waals surface area contributed by atoms with E-state index in [0.29, 0.717) is 31.2 Å². The Labute approximate surface area is 126 Å². The molecule has 2 rings (SSSR count). The van der Waals surface area contributed by atoms with Crippen LogP contribution in [0.25, 0.3) is 0 Å². The maximum atomic E-state index is 12.3. The van der Waals surface area contributed by atoms with E-state index in [1.54, 1.807) is 6.20 Å². The fourth-order valence-electron chi connectivity index (χ4n) is 2.15. The van der Waals surface area contributed by atoms with Gasteiger partial charge in [-0.25, -0.2) is 13.1 Å². The van der Waals surface area contributed by atoms with Crippen LogP contribution in [0, 0.1) is 0 Å². The zero-order valence-electron chi connectivity index (χ0n) is 12.7. The van der Waals surface area contributed by atoms with Gasteiger partial charge < -0.3 is 10.2 Å². The van der Waals surface area contributed by atoms with Gasteiger partial charge in [0.1, 0.15) is 0 Å². The van der Waals surface area contributed by atoms with Gasteiger partial charge in [0.2, 0.25) is 0 Å². The molecule has 0 unspecified atom stereocenters. The Kier molecular flexibility index (Phi) is 5.74. The number of hydrogen-bond acceptors (Lipinski definition) is 5. The molecule has 0 spiro atoms. The van der Waals surface area contributed by atoms with Crippen LogP contribution in [0.4, 0.5) is 0 Å². The Morgan fingerprint density at radius 3 is 2.71 bits per heavy atom. The van der Waals surface area contributed by atoms with E-state index in [1.807, 2.05) is 0 Å². The van der Waals surface area contributed by atoms with Crippen LogP contribution in [0.15, 0.2) is 11.2 Å². The Morgan fingerprint density at radius 2 is 2.10 bits per heavy atom. The number of sulfonamides is 1. The predicted octanol–water partition coefficient (Wildman–Crippen LogP) is 0.282. The summed E-state index contributed by atoms with van der Waals surface area (Å²) in [7, 11) is -3.52. The maximum absolute atomic E-state index is 12.3. The Morgan fingerprint density at radius 1 is 1.38 bits per heavy atom. The molecule has 0 radical (unpaired) electrons. The molecule has 1 aromatic heterocycles. The van der Waals surface area contributed by atoms with Crippen LogP contribution in [0.3, 0.4) is 0 Å². The van der Waals surface area contributed by atoms with Crippen LogP contribution in [-0.2, 0) is 16.6 Å². The van der Waals surface area contributed by atoms with Crippen LogP contribution in [0.5, 0.6) is 0 Å². The van der Waals surface area contributed by atoms with E-state index in [9.17, 15) is 8.42 Å². The second-order valence-corrected chi connectivity index (χ2v) is 7.01. The van der Waals surface area contributed by atoms with E-state index in [2.05, 4.69) is 39.0 Å². The van der Waals surface area contributed by atoms with Crippen molar-refractivity contribution < 1.29 is 8.42 Å². The lowest BCUT2D eigenvalue weighted by molar-refractivity contribution is 0.309. The molecular weight excluding hydrogens is 290 g/mol. The van der Waals surface area contributed by atoms with Crippen LogP contribution >= 0.6 is 0 Å². The quantitative estimate of drug-likeness (QED) is 0.577. The molecule has 3 N–H and O–H groups in total. The van der Waals surface area contributed by atoms with E-state index in [0.717, 1.165) is 13.1 Å². The van der Waals surface area contributed by atoms with Crippen molar-refractivity contribution in [3.05, 3.63) is 11.8 Å². The summed E-state index contributed by atoms with van der Waals surface area (Å²) < 4.78 is 27.2. The molecule has 0 atom stereocenters. The predicted molar refractivity (Wildman–Crippen MR) is 81.4 cm³/mol. The van der Waals surface area contributed by atoms with Crippen LogP contribution in [0.2, 0.25) is 0 Å². The molecule has 0 saturated heterocycles. The van der Waals surface area contributed by atoms with E-state index in [1.165, 1.54) is 12.8 Å². The minimum atomic E-state index is -3.52. The van der Waals surface area contributed by atoms with Gasteiger partial charge in [0.25, 0.3) is 10.0 Å². The SMILES string of the molecule is CCN(CC)CCNS(=O)(=O)c1[nH]ncc1CNC1CC1. The summed E-state index contributed by atoms with van der Waals surface area (Å²) in [5.74, 6) is 0. The van der Waals surface area contributed by atoms with Gasteiger partial charge in [-0.05, 0) is 25.9 Å². The standard InChI is InChI=1S/C13H25N5O2S/c1-3-18(4-2)8-7-16-21(19,20)13-11(10-15-17-13)9-14-12-5-6-12/h10,12,14,16H,3-9H2,1-2H3,(H,15,17). The maximum Gasteiger partial charge on any atom is 0.257 e. The summed E-state index contributed by atoms with van der Waals surface area (Å²) >= 11 is 0. The number of aromatic nitrogens is 2. The lowest BCUT2D eigenvalue weighted by Gasteiger charge is -2.17. The molecule has 1 heterocycles. The summed E-state index contributed by atoms with van der Waals surface area (Å²) in [6.45, 7) is 7.60. The average molecular weight is 315 g/mol. The lowest BCUT2D eigenvalue weighted by atomic mass is 10.3. The zero-order valence-corrected chi connectivity index (χ0v) is 13.5. The highest BCUT2D eigenvalue weighted by Crippen LogP contribution is 2.20. The van der Waals surface area contributed by atoms with Crippen LogP contribution in [0.1, 0.15) is 32.3 Å². The summed E-state index contributed by atoms with van der Waals surface area (Å²) in [5, 5.41) is 9.95. The van der Waals surface area contributed by atoms with Gasteiger partial charge in [0, 0.05) is 31.2 Å². The monoisotopic (exact) mass is 315 g/mol. The number of likely N-dealkylation sites (N-methyl/N-ethyl adjacent to an activating group) is 1. The fraction of sp³-hybridized carbons (Fsp3) is 0.769.